The Kier molecular flexibility index (Phi) is 5.23. The number of sulfonamides is 1. The summed E-state index contributed by atoms with van der Waals surface area (Å²) < 4.78 is 29.3. The first-order valence-corrected chi connectivity index (χ1v) is 10.3. The highest BCUT2D eigenvalue weighted by Gasteiger charge is 2.36. The largest absolute Gasteiger partial charge is 0.294 e. The fraction of sp³-hybridized carbons (Fsp3) is 0.444. The maximum atomic E-state index is 13.1. The topological polar surface area (TPSA) is 72.3 Å². The number of hydrogen-bond donors (Lipinski definition) is 0. The lowest BCUT2D eigenvalue weighted by Crippen LogP contribution is -2.42. The van der Waals surface area contributed by atoms with Gasteiger partial charge in [0, 0.05) is 36.6 Å². The average Bonchev–Trinajstić information content (AvgIpc) is 2.87. The first-order valence-electron chi connectivity index (χ1n) is 8.52. The Balaban J connectivity index is 1.87. The van der Waals surface area contributed by atoms with Crippen molar-refractivity contribution in [3.63, 3.8) is 0 Å². The van der Waals surface area contributed by atoms with Crippen LogP contribution in [0.25, 0.3) is 0 Å². The van der Waals surface area contributed by atoms with Crippen molar-refractivity contribution in [3.8, 4) is 0 Å². The number of aryl methyl sites for hydroxylation is 2. The molecule has 2 heterocycles. The molecule has 140 valence electrons. The van der Waals surface area contributed by atoms with Gasteiger partial charge in [-0.15, -0.1) is 0 Å². The molecule has 0 bridgehead atoms. The van der Waals surface area contributed by atoms with Crippen LogP contribution >= 0.6 is 11.6 Å². The van der Waals surface area contributed by atoms with Gasteiger partial charge in [0.2, 0.25) is 10.0 Å². The van der Waals surface area contributed by atoms with E-state index in [0.29, 0.717) is 41.4 Å². The van der Waals surface area contributed by atoms with Crippen molar-refractivity contribution in [2.45, 2.75) is 31.6 Å². The van der Waals surface area contributed by atoms with Crippen LogP contribution in [0.5, 0.6) is 0 Å². The maximum absolute atomic E-state index is 13.1. The van der Waals surface area contributed by atoms with Gasteiger partial charge in [-0.1, -0.05) is 23.7 Å². The molecule has 1 saturated heterocycles. The second-order valence-corrected chi connectivity index (χ2v) is 9.01. The van der Waals surface area contributed by atoms with Gasteiger partial charge in [0.05, 0.1) is 11.4 Å². The molecule has 0 unspecified atom stereocenters. The summed E-state index contributed by atoms with van der Waals surface area (Å²) in [4.78, 5) is 13.0. The van der Waals surface area contributed by atoms with E-state index in [1.807, 2.05) is 0 Å². The molecule has 0 aliphatic carbocycles. The molecular formula is C18H22ClN3O3S. The molecule has 1 aromatic heterocycles. The predicted molar refractivity (Wildman–Crippen MR) is 99.9 cm³/mol. The molecule has 1 fully saturated rings. The van der Waals surface area contributed by atoms with Gasteiger partial charge in [-0.05, 0) is 38.8 Å². The van der Waals surface area contributed by atoms with Crippen LogP contribution in [0.2, 0.25) is 5.02 Å². The number of piperidine rings is 1. The van der Waals surface area contributed by atoms with Crippen LogP contribution in [0.3, 0.4) is 0 Å². The van der Waals surface area contributed by atoms with Gasteiger partial charge in [0.1, 0.15) is 4.90 Å². The summed E-state index contributed by atoms with van der Waals surface area (Å²) in [6.45, 7) is 4.03. The summed E-state index contributed by atoms with van der Waals surface area (Å²) in [6, 6.07) is 6.79. The number of halogens is 1. The normalized spacial score (nSPS) is 18.8. The van der Waals surface area contributed by atoms with Gasteiger partial charge in [-0.25, -0.2) is 8.42 Å². The number of nitrogens with zero attached hydrogens (tertiary/aromatic N) is 3. The lowest BCUT2D eigenvalue weighted by atomic mass is 9.91. The standard InChI is InChI=1S/C18H22ClN3O3S/c1-12-18(13(2)21(3)20-12)26(24,25)22-9-5-7-15(11-22)17(23)14-6-4-8-16(19)10-14/h4,6,8,10,15H,5,7,9,11H2,1-3H3/t15-/m0/s1. The number of carbonyl (C=O) groups excluding carboxylic acids is 1. The van der Waals surface area contributed by atoms with Crippen molar-refractivity contribution in [1.29, 1.82) is 0 Å². The quantitative estimate of drug-likeness (QED) is 0.746. The summed E-state index contributed by atoms with van der Waals surface area (Å²) >= 11 is 5.98. The maximum Gasteiger partial charge on any atom is 0.246 e. The first kappa shape index (κ1) is 19.1. The van der Waals surface area contributed by atoms with Gasteiger partial charge in [0.15, 0.2) is 5.78 Å². The fourth-order valence-electron chi connectivity index (χ4n) is 3.51. The van der Waals surface area contributed by atoms with Gasteiger partial charge in [-0.2, -0.15) is 9.40 Å². The Bertz CT molecular complexity index is 953. The number of aromatic nitrogens is 2. The van der Waals surface area contributed by atoms with E-state index in [2.05, 4.69) is 5.10 Å². The molecule has 0 radical (unpaired) electrons. The third kappa shape index (κ3) is 3.43. The zero-order valence-electron chi connectivity index (χ0n) is 15.1. The molecule has 3 rings (SSSR count). The van der Waals surface area contributed by atoms with Crippen molar-refractivity contribution in [3.05, 3.63) is 46.2 Å². The second kappa shape index (κ2) is 7.13. The minimum Gasteiger partial charge on any atom is -0.294 e. The van der Waals surface area contributed by atoms with E-state index in [-0.39, 0.29) is 23.1 Å². The molecule has 2 aromatic rings. The number of hydrogen-bond acceptors (Lipinski definition) is 4. The number of carbonyl (C=O) groups is 1. The smallest absolute Gasteiger partial charge is 0.246 e. The van der Waals surface area contributed by atoms with Crippen molar-refractivity contribution in [2.75, 3.05) is 13.1 Å². The molecule has 1 aromatic carbocycles. The minimum atomic E-state index is -3.69. The third-order valence-corrected chi connectivity index (χ3v) is 7.26. The molecule has 1 aliphatic heterocycles. The lowest BCUT2D eigenvalue weighted by molar-refractivity contribution is 0.0872. The van der Waals surface area contributed by atoms with Gasteiger partial charge in [0.25, 0.3) is 0 Å². The molecule has 0 amide bonds. The van der Waals surface area contributed by atoms with E-state index in [1.54, 1.807) is 49.8 Å². The van der Waals surface area contributed by atoms with Crippen LogP contribution in [-0.4, -0.2) is 41.4 Å². The molecule has 8 heteroatoms. The molecule has 6 nitrogen and oxygen atoms in total. The fourth-order valence-corrected chi connectivity index (χ4v) is 5.62. The Labute approximate surface area is 158 Å². The van der Waals surface area contributed by atoms with Crippen LogP contribution in [0.1, 0.15) is 34.6 Å². The van der Waals surface area contributed by atoms with E-state index in [1.165, 1.54) is 4.31 Å². The van der Waals surface area contributed by atoms with E-state index in [9.17, 15) is 13.2 Å². The Hall–Kier alpha value is -1.70. The number of ketones is 1. The molecule has 1 aliphatic rings. The lowest BCUT2D eigenvalue weighted by Gasteiger charge is -2.31. The van der Waals surface area contributed by atoms with Crippen LogP contribution in [0.15, 0.2) is 29.2 Å². The SMILES string of the molecule is Cc1nn(C)c(C)c1S(=O)(=O)N1CCC[C@H](C(=O)c2cccc(Cl)c2)C1. The third-order valence-electron chi connectivity index (χ3n) is 4.90. The molecular weight excluding hydrogens is 374 g/mol. The molecule has 0 spiro atoms. The van der Waals surface area contributed by atoms with Crippen molar-refractivity contribution < 1.29 is 13.2 Å². The van der Waals surface area contributed by atoms with E-state index in [0.717, 1.165) is 0 Å². The van der Waals surface area contributed by atoms with E-state index >= 15 is 0 Å². The molecule has 0 saturated carbocycles. The Morgan fingerprint density at radius 2 is 2.04 bits per heavy atom. The van der Waals surface area contributed by atoms with Crippen molar-refractivity contribution in [2.24, 2.45) is 13.0 Å². The zero-order valence-corrected chi connectivity index (χ0v) is 16.6. The first-order chi connectivity index (χ1) is 12.2. The van der Waals surface area contributed by atoms with Crippen molar-refractivity contribution >= 4 is 27.4 Å². The molecule has 0 N–H and O–H groups in total. The summed E-state index contributed by atoms with van der Waals surface area (Å²) in [5.41, 5.74) is 1.61. The van der Waals surface area contributed by atoms with Crippen LogP contribution < -0.4 is 0 Å². The van der Waals surface area contributed by atoms with E-state index in [4.69, 9.17) is 11.6 Å². The highest BCUT2D eigenvalue weighted by molar-refractivity contribution is 7.89. The Morgan fingerprint density at radius 1 is 1.31 bits per heavy atom. The predicted octanol–water partition coefficient (Wildman–Crippen LogP) is 2.97. The average molecular weight is 396 g/mol. The highest BCUT2D eigenvalue weighted by atomic mass is 35.5. The van der Waals surface area contributed by atoms with E-state index < -0.39 is 10.0 Å². The zero-order chi connectivity index (χ0) is 19.1. The summed E-state index contributed by atoms with van der Waals surface area (Å²) in [5, 5.41) is 4.71. The van der Waals surface area contributed by atoms with Crippen molar-refractivity contribution in [1.82, 2.24) is 14.1 Å². The number of rotatable bonds is 4. The van der Waals surface area contributed by atoms with Gasteiger partial charge >= 0.3 is 0 Å². The summed E-state index contributed by atoms with van der Waals surface area (Å²) in [6.07, 6.45) is 1.32. The minimum absolute atomic E-state index is 0.0629. The van der Waals surface area contributed by atoms with Crippen LogP contribution in [-0.2, 0) is 17.1 Å². The highest BCUT2D eigenvalue weighted by Crippen LogP contribution is 2.29. The van der Waals surface area contributed by atoms with Crippen LogP contribution in [0, 0.1) is 19.8 Å². The monoisotopic (exact) mass is 395 g/mol. The number of Topliss-reactive ketones (excluding diaryl/α,β-unsaturated/α-hetero) is 1. The summed E-state index contributed by atoms with van der Waals surface area (Å²) in [7, 11) is -1.96. The van der Waals surface area contributed by atoms with Crippen LogP contribution in [0.4, 0.5) is 0 Å². The number of benzene rings is 1. The molecule has 1 atom stereocenters. The Morgan fingerprint density at radius 3 is 2.65 bits per heavy atom. The van der Waals surface area contributed by atoms with Gasteiger partial charge < -0.3 is 0 Å². The summed E-state index contributed by atoms with van der Waals surface area (Å²) in [5.74, 6) is -0.429. The van der Waals surface area contributed by atoms with Gasteiger partial charge in [-0.3, -0.25) is 9.48 Å². The second-order valence-electron chi connectivity index (χ2n) is 6.70. The molecule has 26 heavy (non-hydrogen) atoms.